The van der Waals surface area contributed by atoms with Crippen molar-refractivity contribution < 1.29 is 26.8 Å². The molecule has 0 atom stereocenters. The molecule has 2 aromatic heterocycles. The SMILES string of the molecule is Nc1ccc(/C=C/C(=O)CCc2cc3cc(-c4ccc(C(F)(F)F)cc4)cc(-c4ccc(F)cc4)c3o2)cn1. The molecule has 8 heteroatoms. The van der Waals surface area contributed by atoms with Gasteiger partial charge in [-0.2, -0.15) is 13.2 Å². The first kappa shape index (κ1) is 25.9. The molecule has 0 amide bonds. The Balaban J connectivity index is 1.44. The molecular formula is C31H22F4N2O2. The fourth-order valence-corrected chi connectivity index (χ4v) is 4.23. The van der Waals surface area contributed by atoms with E-state index in [0.29, 0.717) is 45.8 Å². The standard InChI is InChI=1S/C31H22F4N2O2/c32-25-9-5-21(6-10-25)28-17-22(20-3-7-24(8-4-20)31(33,34)35)15-23-16-27(39-30(23)28)13-12-26(38)11-1-19-2-14-29(36)37-18-19/h1-11,14-18H,12-13H2,(H2,36,37)/b11-1+. The van der Waals surface area contributed by atoms with Crippen LogP contribution >= 0.6 is 0 Å². The summed E-state index contributed by atoms with van der Waals surface area (Å²) in [5.41, 5.74) is 8.76. The van der Waals surface area contributed by atoms with Gasteiger partial charge in [-0.05, 0) is 89.0 Å². The van der Waals surface area contributed by atoms with Crippen molar-refractivity contribution in [2.45, 2.75) is 19.0 Å². The first-order valence-corrected chi connectivity index (χ1v) is 12.1. The lowest BCUT2D eigenvalue weighted by Gasteiger charge is -2.10. The van der Waals surface area contributed by atoms with Gasteiger partial charge in [0.2, 0.25) is 0 Å². The molecule has 0 unspecified atom stereocenters. The van der Waals surface area contributed by atoms with Crippen LogP contribution in [0.5, 0.6) is 0 Å². The molecule has 4 nitrogen and oxygen atoms in total. The predicted molar refractivity (Wildman–Crippen MR) is 143 cm³/mol. The monoisotopic (exact) mass is 530 g/mol. The van der Waals surface area contributed by atoms with Crippen LogP contribution in [0.4, 0.5) is 23.4 Å². The van der Waals surface area contributed by atoms with Crippen molar-refractivity contribution in [1.29, 1.82) is 0 Å². The van der Waals surface area contributed by atoms with Crippen molar-refractivity contribution in [1.82, 2.24) is 4.98 Å². The number of halogens is 4. The minimum Gasteiger partial charge on any atom is -0.460 e. The van der Waals surface area contributed by atoms with Gasteiger partial charge >= 0.3 is 6.18 Å². The van der Waals surface area contributed by atoms with Crippen LogP contribution in [0, 0.1) is 5.82 Å². The number of allylic oxidation sites excluding steroid dienone is 1. The third-order valence-corrected chi connectivity index (χ3v) is 6.26. The maximum absolute atomic E-state index is 13.6. The maximum Gasteiger partial charge on any atom is 0.416 e. The fourth-order valence-electron chi connectivity index (χ4n) is 4.23. The second kappa shape index (κ2) is 10.6. The number of fused-ring (bicyclic) bond motifs is 1. The minimum atomic E-state index is -4.43. The van der Waals surface area contributed by atoms with Gasteiger partial charge in [-0.3, -0.25) is 4.79 Å². The van der Waals surface area contributed by atoms with Crippen LogP contribution < -0.4 is 5.73 Å². The number of hydrogen-bond donors (Lipinski definition) is 1. The quantitative estimate of drug-likeness (QED) is 0.170. The van der Waals surface area contributed by atoms with E-state index in [-0.39, 0.29) is 12.2 Å². The van der Waals surface area contributed by atoms with Crippen LogP contribution in [-0.4, -0.2) is 10.8 Å². The molecular weight excluding hydrogens is 508 g/mol. The first-order chi connectivity index (χ1) is 18.7. The molecule has 0 aliphatic rings. The summed E-state index contributed by atoms with van der Waals surface area (Å²) >= 11 is 0. The van der Waals surface area contributed by atoms with Crippen molar-refractivity contribution in [3.8, 4) is 22.3 Å². The van der Waals surface area contributed by atoms with Gasteiger partial charge in [0.15, 0.2) is 5.78 Å². The molecule has 196 valence electrons. The van der Waals surface area contributed by atoms with Crippen LogP contribution in [0.15, 0.2) is 95.6 Å². The van der Waals surface area contributed by atoms with Crippen molar-refractivity contribution in [2.24, 2.45) is 0 Å². The van der Waals surface area contributed by atoms with Crippen molar-refractivity contribution in [3.63, 3.8) is 0 Å². The summed E-state index contributed by atoms with van der Waals surface area (Å²) in [5, 5.41) is 0.720. The number of hydrogen-bond acceptors (Lipinski definition) is 4. The number of rotatable bonds is 7. The van der Waals surface area contributed by atoms with Gasteiger partial charge in [0.25, 0.3) is 0 Å². The lowest BCUT2D eigenvalue weighted by atomic mass is 9.96. The molecule has 39 heavy (non-hydrogen) atoms. The highest BCUT2D eigenvalue weighted by Gasteiger charge is 2.30. The summed E-state index contributed by atoms with van der Waals surface area (Å²) in [4.78, 5) is 16.4. The van der Waals surface area contributed by atoms with Gasteiger partial charge < -0.3 is 10.2 Å². The van der Waals surface area contributed by atoms with Gasteiger partial charge in [-0.1, -0.05) is 24.3 Å². The second-order valence-corrected chi connectivity index (χ2v) is 9.05. The Morgan fingerprint density at radius 2 is 1.62 bits per heavy atom. The Bertz CT molecular complexity index is 1650. The molecule has 3 aromatic carbocycles. The zero-order valence-electron chi connectivity index (χ0n) is 20.5. The summed E-state index contributed by atoms with van der Waals surface area (Å²) in [7, 11) is 0. The number of ketones is 1. The number of aryl methyl sites for hydroxylation is 1. The minimum absolute atomic E-state index is 0.100. The topological polar surface area (TPSA) is 69.1 Å². The molecule has 0 bridgehead atoms. The Morgan fingerprint density at radius 3 is 2.28 bits per heavy atom. The molecule has 0 saturated heterocycles. The van der Waals surface area contributed by atoms with Crippen molar-refractivity contribution >= 4 is 28.6 Å². The number of nitrogens with zero attached hydrogens (tertiary/aromatic N) is 1. The molecule has 0 aliphatic heterocycles. The van der Waals surface area contributed by atoms with E-state index in [0.717, 1.165) is 23.1 Å². The molecule has 0 spiro atoms. The summed E-state index contributed by atoms with van der Waals surface area (Å²) in [6.07, 6.45) is 0.828. The number of nitrogen functional groups attached to an aromatic ring is 1. The van der Waals surface area contributed by atoms with E-state index in [4.69, 9.17) is 10.2 Å². The molecule has 5 aromatic rings. The molecule has 0 radical (unpaired) electrons. The number of benzene rings is 3. The van der Waals surface area contributed by atoms with E-state index >= 15 is 0 Å². The fraction of sp³-hybridized carbons (Fsp3) is 0.0968. The Morgan fingerprint density at radius 1 is 0.897 bits per heavy atom. The lowest BCUT2D eigenvalue weighted by Crippen LogP contribution is -2.03. The van der Waals surface area contributed by atoms with Gasteiger partial charge in [0.1, 0.15) is 23.0 Å². The first-order valence-electron chi connectivity index (χ1n) is 12.1. The Kier molecular flexibility index (Phi) is 7.02. The number of nitrogens with two attached hydrogens (primary N) is 1. The summed E-state index contributed by atoms with van der Waals surface area (Å²) < 4.78 is 58.9. The molecule has 5 rings (SSSR count). The van der Waals surface area contributed by atoms with Gasteiger partial charge in [-0.25, -0.2) is 9.37 Å². The number of aromatic nitrogens is 1. The number of anilines is 1. The summed E-state index contributed by atoms with van der Waals surface area (Å²) in [6.45, 7) is 0. The highest BCUT2D eigenvalue weighted by molar-refractivity contribution is 5.97. The predicted octanol–water partition coefficient (Wildman–Crippen LogP) is 8.12. The Labute approximate surface area is 221 Å². The second-order valence-electron chi connectivity index (χ2n) is 9.05. The highest BCUT2D eigenvalue weighted by atomic mass is 19.4. The van der Waals surface area contributed by atoms with E-state index in [1.165, 1.54) is 30.3 Å². The van der Waals surface area contributed by atoms with E-state index < -0.39 is 17.6 Å². The summed E-state index contributed by atoms with van der Waals surface area (Å²) in [6, 6.07) is 19.7. The van der Waals surface area contributed by atoms with Crippen LogP contribution in [0.25, 0.3) is 39.3 Å². The average Bonchev–Trinajstić information content (AvgIpc) is 3.34. The van der Waals surface area contributed by atoms with Crippen LogP contribution in [0.2, 0.25) is 0 Å². The third-order valence-electron chi connectivity index (χ3n) is 6.26. The van der Waals surface area contributed by atoms with Crippen molar-refractivity contribution in [3.05, 3.63) is 114 Å². The average molecular weight is 531 g/mol. The molecule has 0 fully saturated rings. The highest BCUT2D eigenvalue weighted by Crippen LogP contribution is 2.37. The number of pyridine rings is 1. The molecule has 0 saturated carbocycles. The van der Waals surface area contributed by atoms with Crippen LogP contribution in [0.1, 0.15) is 23.3 Å². The normalized spacial score (nSPS) is 11.9. The van der Waals surface area contributed by atoms with E-state index in [9.17, 15) is 22.4 Å². The van der Waals surface area contributed by atoms with Gasteiger partial charge in [0.05, 0.1) is 5.56 Å². The Hall–Kier alpha value is -4.72. The number of carbonyl (C=O) groups is 1. The van der Waals surface area contributed by atoms with E-state index in [1.807, 2.05) is 12.1 Å². The smallest absolute Gasteiger partial charge is 0.416 e. The van der Waals surface area contributed by atoms with Gasteiger partial charge in [-0.15, -0.1) is 0 Å². The largest absolute Gasteiger partial charge is 0.460 e. The zero-order chi connectivity index (χ0) is 27.6. The lowest BCUT2D eigenvalue weighted by molar-refractivity contribution is -0.137. The maximum atomic E-state index is 13.6. The number of furan rings is 1. The summed E-state index contributed by atoms with van der Waals surface area (Å²) in [5.74, 6) is 0.477. The third kappa shape index (κ3) is 6.06. The van der Waals surface area contributed by atoms with Crippen LogP contribution in [-0.2, 0) is 17.4 Å². The molecule has 2 N–H and O–H groups in total. The van der Waals surface area contributed by atoms with Gasteiger partial charge in [0, 0.05) is 30.0 Å². The molecule has 0 aliphatic carbocycles. The van der Waals surface area contributed by atoms with Crippen LogP contribution in [0.3, 0.4) is 0 Å². The zero-order valence-corrected chi connectivity index (χ0v) is 20.5. The number of alkyl halides is 3. The van der Waals surface area contributed by atoms with Crippen molar-refractivity contribution in [2.75, 3.05) is 5.73 Å². The number of carbonyl (C=O) groups excluding carboxylic acids is 1. The van der Waals surface area contributed by atoms with E-state index in [2.05, 4.69) is 4.98 Å². The molecule has 2 heterocycles. The van der Waals surface area contributed by atoms with E-state index in [1.54, 1.807) is 42.6 Å².